The highest BCUT2D eigenvalue weighted by Crippen LogP contribution is 2.45. The van der Waals surface area contributed by atoms with Gasteiger partial charge in [0.05, 0.1) is 0 Å². The molecule has 4 aromatic carbocycles. The van der Waals surface area contributed by atoms with Crippen LogP contribution >= 0.6 is 0 Å². The van der Waals surface area contributed by atoms with Gasteiger partial charge in [-0.15, -0.1) is 0 Å². The number of phenolic OH excluding ortho intramolecular Hbond substituents is 4. The van der Waals surface area contributed by atoms with Crippen molar-refractivity contribution in [2.75, 3.05) is 14.1 Å². The lowest BCUT2D eigenvalue weighted by molar-refractivity contribution is -0.138. The van der Waals surface area contributed by atoms with E-state index in [9.17, 15) is 30.0 Å². The van der Waals surface area contributed by atoms with Gasteiger partial charge in [-0.1, -0.05) is 215 Å². The van der Waals surface area contributed by atoms with Gasteiger partial charge in [-0.05, 0) is 161 Å². The highest BCUT2D eigenvalue weighted by atomic mass is 16.3. The summed E-state index contributed by atoms with van der Waals surface area (Å²) in [6.07, 6.45) is 5.64. The molecule has 0 fully saturated rings. The molecule has 4 rings (SSSR count). The van der Waals surface area contributed by atoms with E-state index in [1.165, 1.54) is 0 Å². The monoisotopic (exact) mass is 1100 g/mol. The number of nitrogens with zero attached hydrogens (tertiary/aromatic N) is 2. The lowest BCUT2D eigenvalue weighted by Crippen LogP contribution is -2.40. The van der Waals surface area contributed by atoms with E-state index < -0.39 is 0 Å². The van der Waals surface area contributed by atoms with Crippen molar-refractivity contribution in [3.8, 4) is 23.0 Å². The number of benzene rings is 4. The fraction of sp³-hybridized carbons (Fsp3) is 0.639. The second-order valence-electron chi connectivity index (χ2n) is 32.1. The summed E-state index contributed by atoms with van der Waals surface area (Å²) in [7, 11) is 3.79. The molecule has 0 atom stereocenters. The van der Waals surface area contributed by atoms with Gasteiger partial charge in [0.1, 0.15) is 23.0 Å². The van der Waals surface area contributed by atoms with Crippen LogP contribution < -0.4 is 0 Å². The number of aromatic hydroxyl groups is 4. The summed E-state index contributed by atoms with van der Waals surface area (Å²) >= 11 is 0. The second-order valence-corrected chi connectivity index (χ2v) is 32.1. The minimum Gasteiger partial charge on any atom is -0.507 e. The Kier molecular flexibility index (Phi) is 20.6. The Morgan fingerprint density at radius 3 is 0.575 bits per heavy atom. The maximum Gasteiger partial charge on any atom is 0.223 e. The molecule has 0 saturated heterocycles. The maximum atomic E-state index is 14.7. The predicted octanol–water partition coefficient (Wildman–Crippen LogP) is 17.2. The van der Waals surface area contributed by atoms with Crippen LogP contribution in [0.5, 0.6) is 23.0 Å². The predicted molar refractivity (Wildman–Crippen MR) is 338 cm³/mol. The Labute approximate surface area is 487 Å². The summed E-state index contributed by atoms with van der Waals surface area (Å²) < 4.78 is 0. The molecule has 0 aromatic heterocycles. The van der Waals surface area contributed by atoms with E-state index in [2.05, 4.69) is 215 Å². The minimum absolute atomic E-state index is 0.0652. The van der Waals surface area contributed by atoms with Crippen LogP contribution in [0.15, 0.2) is 48.5 Å². The van der Waals surface area contributed by atoms with Crippen molar-refractivity contribution in [2.45, 2.75) is 286 Å². The van der Waals surface area contributed by atoms with Gasteiger partial charge in [0.15, 0.2) is 0 Å². The summed E-state index contributed by atoms with van der Waals surface area (Å²) in [5.41, 5.74) is 9.50. The minimum atomic E-state index is -0.284. The van der Waals surface area contributed by atoms with Gasteiger partial charge < -0.3 is 30.2 Å². The van der Waals surface area contributed by atoms with Crippen molar-refractivity contribution in [3.05, 3.63) is 115 Å². The Bertz CT molecular complexity index is 2310. The molecular formula is C72H112N2O6. The van der Waals surface area contributed by atoms with E-state index >= 15 is 0 Å². The number of hydrogen-bond donors (Lipinski definition) is 4. The van der Waals surface area contributed by atoms with Crippen LogP contribution in [-0.4, -0.2) is 68.2 Å². The van der Waals surface area contributed by atoms with Crippen LogP contribution in [0.4, 0.5) is 0 Å². The third-order valence-electron chi connectivity index (χ3n) is 16.6. The summed E-state index contributed by atoms with van der Waals surface area (Å²) in [6.45, 7) is 51.1. The molecule has 8 heteroatoms. The average molecular weight is 1100 g/mol. The van der Waals surface area contributed by atoms with E-state index in [1.807, 2.05) is 23.9 Å². The number of rotatable bonds is 17. The molecule has 0 saturated carbocycles. The Balaban J connectivity index is 1.73. The summed E-state index contributed by atoms with van der Waals surface area (Å²) in [5, 5.41) is 46.4. The quantitative estimate of drug-likeness (QED) is 0.0836. The van der Waals surface area contributed by atoms with Crippen LogP contribution in [0.3, 0.4) is 0 Å². The Morgan fingerprint density at radius 2 is 0.450 bits per heavy atom. The molecule has 0 heterocycles. The van der Waals surface area contributed by atoms with Crippen molar-refractivity contribution in [1.82, 2.24) is 9.80 Å². The second kappa shape index (κ2) is 24.5. The first kappa shape index (κ1) is 67.5. The number of hydrogen-bond acceptors (Lipinski definition) is 6. The van der Waals surface area contributed by atoms with Gasteiger partial charge in [0.2, 0.25) is 11.8 Å². The topological polar surface area (TPSA) is 122 Å². The van der Waals surface area contributed by atoms with Crippen molar-refractivity contribution < 1.29 is 30.0 Å². The molecule has 8 nitrogen and oxygen atoms in total. The number of amides is 2. The molecule has 4 N–H and O–H groups in total. The molecule has 0 aliphatic rings. The largest absolute Gasteiger partial charge is 0.507 e. The highest BCUT2D eigenvalue weighted by Gasteiger charge is 2.33. The standard InChI is InChI=1S/C72H112N2O6/c1-65(2,3)51-37-45(38-52(61(51)77)66(4,5)6)27-31-49(32-28-46-39-53(67(7,8)9)62(78)54(40-46)68(10,11)12)73(25)59(75)35-36-60(76)74(26)50(33-29-47-41-55(69(13,14)15)63(79)56(42-47)70(16,17)18)34-30-48-43-57(71(19,20)21)64(80)58(44-48)72(22,23)24/h37-44,49-50,77-80H,27-36H2,1-26H3. The molecule has 2 amide bonds. The van der Waals surface area contributed by atoms with E-state index in [0.29, 0.717) is 74.4 Å². The molecular weight excluding hydrogens is 989 g/mol. The van der Waals surface area contributed by atoms with Gasteiger partial charge >= 0.3 is 0 Å². The first-order valence-corrected chi connectivity index (χ1v) is 30.0. The molecule has 0 aliphatic heterocycles. The van der Waals surface area contributed by atoms with Gasteiger partial charge in [-0.3, -0.25) is 9.59 Å². The lowest BCUT2D eigenvalue weighted by Gasteiger charge is -2.32. The summed E-state index contributed by atoms with van der Waals surface area (Å²) in [5.74, 6) is 1.23. The van der Waals surface area contributed by atoms with Gasteiger partial charge in [-0.25, -0.2) is 0 Å². The SMILES string of the molecule is CN(C(=O)CCC(=O)N(C)C(CCc1cc(C(C)(C)C)c(O)c(C(C)(C)C)c1)CCc1cc(C(C)(C)C)c(O)c(C(C)(C)C)c1)C(CCc1cc(C(C)(C)C)c(O)c(C(C)(C)C)c1)CCc1cc(C(C)(C)C)c(O)c(C(C)(C)C)c1. The molecule has 0 bridgehead atoms. The molecule has 0 spiro atoms. The molecule has 446 valence electrons. The molecule has 0 radical (unpaired) electrons. The van der Waals surface area contributed by atoms with Crippen molar-refractivity contribution in [3.63, 3.8) is 0 Å². The van der Waals surface area contributed by atoms with Crippen LogP contribution in [0, 0.1) is 0 Å². The summed E-state index contributed by atoms with van der Waals surface area (Å²) in [6, 6.07) is 16.8. The molecule has 4 aromatic rings. The van der Waals surface area contributed by atoms with Crippen LogP contribution in [0.2, 0.25) is 0 Å². The number of phenols is 4. The first-order chi connectivity index (χ1) is 36.0. The maximum absolute atomic E-state index is 14.7. The Morgan fingerprint density at radius 1 is 0.312 bits per heavy atom. The third-order valence-corrected chi connectivity index (χ3v) is 16.6. The zero-order valence-corrected chi connectivity index (χ0v) is 55.3. The zero-order chi connectivity index (χ0) is 61.4. The van der Waals surface area contributed by atoms with E-state index in [4.69, 9.17) is 0 Å². The fourth-order valence-corrected chi connectivity index (χ4v) is 11.3. The number of aryl methyl sites for hydroxylation is 4. The molecule has 0 unspecified atom stereocenters. The average Bonchev–Trinajstić information content (AvgIpc) is 3.28. The summed E-state index contributed by atoms with van der Waals surface area (Å²) in [4.78, 5) is 33.2. The van der Waals surface area contributed by atoms with E-state index in [-0.39, 0.29) is 80.1 Å². The van der Waals surface area contributed by atoms with Gasteiger partial charge in [-0.2, -0.15) is 0 Å². The smallest absolute Gasteiger partial charge is 0.223 e. The Hall–Kier alpha value is -4.98. The highest BCUT2D eigenvalue weighted by molar-refractivity contribution is 5.84. The third kappa shape index (κ3) is 17.3. The van der Waals surface area contributed by atoms with Crippen LogP contribution in [0.1, 0.15) is 271 Å². The first-order valence-electron chi connectivity index (χ1n) is 30.0. The van der Waals surface area contributed by atoms with Crippen molar-refractivity contribution >= 4 is 11.8 Å². The van der Waals surface area contributed by atoms with Crippen LogP contribution in [0.25, 0.3) is 0 Å². The zero-order valence-electron chi connectivity index (χ0n) is 55.3. The number of carbonyl (C=O) groups is 2. The lowest BCUT2D eigenvalue weighted by atomic mass is 9.77. The van der Waals surface area contributed by atoms with E-state index in [0.717, 1.165) is 66.8 Å². The van der Waals surface area contributed by atoms with Gasteiger partial charge in [0, 0.05) is 39.0 Å². The van der Waals surface area contributed by atoms with Gasteiger partial charge in [0.25, 0.3) is 0 Å². The normalized spacial score (nSPS) is 13.4. The fourth-order valence-electron chi connectivity index (χ4n) is 11.3. The van der Waals surface area contributed by atoms with Crippen molar-refractivity contribution in [2.24, 2.45) is 0 Å². The number of carbonyl (C=O) groups excluding carboxylic acids is 2. The van der Waals surface area contributed by atoms with Crippen LogP contribution in [-0.2, 0) is 78.6 Å². The van der Waals surface area contributed by atoms with Crippen molar-refractivity contribution in [1.29, 1.82) is 0 Å². The molecule has 0 aliphatic carbocycles. The molecule has 80 heavy (non-hydrogen) atoms. The van der Waals surface area contributed by atoms with E-state index in [1.54, 1.807) is 0 Å².